The summed E-state index contributed by atoms with van der Waals surface area (Å²) in [5.74, 6) is 0.654. The summed E-state index contributed by atoms with van der Waals surface area (Å²) >= 11 is 0. The molecule has 0 aliphatic carbocycles. The van der Waals surface area contributed by atoms with Crippen LogP contribution in [0.4, 0.5) is 0 Å². The Balaban J connectivity index is 1.93. The Kier molecular flexibility index (Phi) is 5.38. The van der Waals surface area contributed by atoms with Gasteiger partial charge in [-0.1, -0.05) is 30.3 Å². The van der Waals surface area contributed by atoms with Gasteiger partial charge in [-0.15, -0.1) is 0 Å². The van der Waals surface area contributed by atoms with Crippen LogP contribution in [0.1, 0.15) is 36.6 Å². The van der Waals surface area contributed by atoms with E-state index in [0.717, 1.165) is 30.7 Å². The molecule has 2 rings (SSSR count). The molecule has 20 heavy (non-hydrogen) atoms. The van der Waals surface area contributed by atoms with Crippen LogP contribution >= 0.6 is 0 Å². The predicted molar refractivity (Wildman–Crippen MR) is 78.0 cm³/mol. The predicted octanol–water partition coefficient (Wildman–Crippen LogP) is 2.61. The molecule has 0 fully saturated rings. The molecule has 1 atom stereocenters. The maximum atomic E-state index is 10.7. The molecule has 0 spiro atoms. The third-order valence-electron chi connectivity index (χ3n) is 3.16. The van der Waals surface area contributed by atoms with E-state index in [4.69, 9.17) is 10.2 Å². The second-order valence-corrected chi connectivity index (χ2v) is 4.74. The summed E-state index contributed by atoms with van der Waals surface area (Å²) < 4.78 is 5.51. The topological polar surface area (TPSA) is 68.3 Å². The largest absolute Gasteiger partial charge is 0.467 e. The average molecular weight is 272 g/mol. The van der Waals surface area contributed by atoms with Crippen molar-refractivity contribution in [3.63, 3.8) is 0 Å². The molecule has 0 bridgehead atoms. The van der Waals surface area contributed by atoms with Crippen LogP contribution in [-0.4, -0.2) is 12.5 Å². The molecule has 0 radical (unpaired) electrons. The maximum absolute atomic E-state index is 10.7. The molecule has 1 amide bonds. The summed E-state index contributed by atoms with van der Waals surface area (Å²) in [7, 11) is 0. The minimum absolute atomic E-state index is 0.0415. The minimum Gasteiger partial charge on any atom is -0.467 e. The lowest BCUT2D eigenvalue weighted by molar-refractivity contribution is -0.118. The van der Waals surface area contributed by atoms with Crippen molar-refractivity contribution in [2.45, 2.75) is 25.3 Å². The Labute approximate surface area is 119 Å². The number of rotatable bonds is 8. The number of nitrogens with two attached hydrogens (primary N) is 1. The highest BCUT2D eigenvalue weighted by molar-refractivity contribution is 5.73. The Morgan fingerprint density at radius 1 is 1.15 bits per heavy atom. The molecule has 4 heteroatoms. The van der Waals surface area contributed by atoms with E-state index in [0.29, 0.717) is 6.42 Å². The quantitative estimate of drug-likeness (QED) is 0.726. The van der Waals surface area contributed by atoms with Crippen LogP contribution < -0.4 is 11.1 Å². The third kappa shape index (κ3) is 4.24. The van der Waals surface area contributed by atoms with Gasteiger partial charge in [-0.05, 0) is 37.1 Å². The van der Waals surface area contributed by atoms with Gasteiger partial charge in [0.05, 0.1) is 12.3 Å². The smallest absolute Gasteiger partial charge is 0.217 e. The Hall–Kier alpha value is -2.07. The summed E-state index contributed by atoms with van der Waals surface area (Å²) in [5, 5.41) is 3.47. The van der Waals surface area contributed by atoms with Gasteiger partial charge in [-0.3, -0.25) is 4.79 Å². The van der Waals surface area contributed by atoms with Crippen molar-refractivity contribution < 1.29 is 9.21 Å². The zero-order valence-corrected chi connectivity index (χ0v) is 11.4. The number of nitrogens with one attached hydrogen (secondary N) is 1. The van der Waals surface area contributed by atoms with Crippen molar-refractivity contribution in [3.05, 3.63) is 60.1 Å². The van der Waals surface area contributed by atoms with Crippen molar-refractivity contribution >= 4 is 5.91 Å². The van der Waals surface area contributed by atoms with E-state index in [2.05, 4.69) is 17.4 Å². The first-order chi connectivity index (χ1) is 9.77. The van der Waals surface area contributed by atoms with Crippen molar-refractivity contribution in [2.24, 2.45) is 5.73 Å². The van der Waals surface area contributed by atoms with Gasteiger partial charge in [-0.2, -0.15) is 0 Å². The number of benzene rings is 1. The van der Waals surface area contributed by atoms with Gasteiger partial charge in [0.25, 0.3) is 0 Å². The van der Waals surface area contributed by atoms with Gasteiger partial charge in [0, 0.05) is 6.42 Å². The minimum atomic E-state index is -0.240. The Morgan fingerprint density at radius 2 is 1.95 bits per heavy atom. The molecule has 1 aromatic heterocycles. The Morgan fingerprint density at radius 3 is 2.60 bits per heavy atom. The molecule has 0 saturated carbocycles. The number of amides is 1. The SMILES string of the molecule is NC(=O)CCCCNC(c1ccccc1)c1ccco1. The highest BCUT2D eigenvalue weighted by atomic mass is 16.3. The number of carbonyl (C=O) groups excluding carboxylic acids is 1. The lowest BCUT2D eigenvalue weighted by Gasteiger charge is -2.17. The molecule has 0 aliphatic heterocycles. The number of hydrogen-bond acceptors (Lipinski definition) is 3. The van der Waals surface area contributed by atoms with Crippen LogP contribution in [0, 0.1) is 0 Å². The molecular weight excluding hydrogens is 252 g/mol. The van der Waals surface area contributed by atoms with Gasteiger partial charge in [-0.25, -0.2) is 0 Å². The first-order valence-electron chi connectivity index (χ1n) is 6.87. The number of hydrogen-bond donors (Lipinski definition) is 2. The van der Waals surface area contributed by atoms with Gasteiger partial charge in [0.2, 0.25) is 5.91 Å². The third-order valence-corrected chi connectivity index (χ3v) is 3.16. The summed E-state index contributed by atoms with van der Waals surface area (Å²) in [6.45, 7) is 0.813. The lowest BCUT2D eigenvalue weighted by Crippen LogP contribution is -2.23. The molecule has 0 saturated heterocycles. The fraction of sp³-hybridized carbons (Fsp3) is 0.312. The highest BCUT2D eigenvalue weighted by Gasteiger charge is 2.15. The van der Waals surface area contributed by atoms with Crippen LogP contribution in [0.15, 0.2) is 53.1 Å². The van der Waals surface area contributed by atoms with Crippen molar-refractivity contribution in [1.29, 1.82) is 0 Å². The van der Waals surface area contributed by atoms with Gasteiger partial charge < -0.3 is 15.5 Å². The standard InChI is InChI=1S/C16H20N2O2/c17-15(19)10-4-5-11-18-16(14-9-6-12-20-14)13-7-2-1-3-8-13/h1-3,6-9,12,16,18H,4-5,10-11H2,(H2,17,19). The first-order valence-corrected chi connectivity index (χ1v) is 6.87. The van der Waals surface area contributed by atoms with Crippen LogP contribution in [0.2, 0.25) is 0 Å². The van der Waals surface area contributed by atoms with Crippen molar-refractivity contribution in [1.82, 2.24) is 5.32 Å². The van der Waals surface area contributed by atoms with Crippen molar-refractivity contribution in [3.8, 4) is 0 Å². The van der Waals surface area contributed by atoms with E-state index in [1.165, 1.54) is 0 Å². The number of primary amides is 1. The average Bonchev–Trinajstić information content (AvgIpc) is 2.97. The summed E-state index contributed by atoms with van der Waals surface area (Å²) in [5.41, 5.74) is 6.29. The zero-order chi connectivity index (χ0) is 14.2. The van der Waals surface area contributed by atoms with Crippen LogP contribution in [0.25, 0.3) is 0 Å². The summed E-state index contributed by atoms with van der Waals surface area (Å²) in [6, 6.07) is 14.1. The molecule has 1 unspecified atom stereocenters. The van der Waals surface area contributed by atoms with Crippen LogP contribution in [0.3, 0.4) is 0 Å². The van der Waals surface area contributed by atoms with Gasteiger partial charge in [0.1, 0.15) is 5.76 Å². The zero-order valence-electron chi connectivity index (χ0n) is 11.4. The van der Waals surface area contributed by atoms with E-state index in [1.807, 2.05) is 30.3 Å². The first kappa shape index (κ1) is 14.3. The molecule has 1 heterocycles. The molecule has 0 aliphatic rings. The van der Waals surface area contributed by atoms with Crippen LogP contribution in [-0.2, 0) is 4.79 Å². The van der Waals surface area contributed by atoms with E-state index in [-0.39, 0.29) is 11.9 Å². The van der Waals surface area contributed by atoms with Gasteiger partial charge >= 0.3 is 0 Å². The maximum Gasteiger partial charge on any atom is 0.217 e. The van der Waals surface area contributed by atoms with E-state index in [1.54, 1.807) is 6.26 Å². The lowest BCUT2D eigenvalue weighted by atomic mass is 10.0. The van der Waals surface area contributed by atoms with E-state index in [9.17, 15) is 4.79 Å². The van der Waals surface area contributed by atoms with E-state index >= 15 is 0 Å². The fourth-order valence-corrected chi connectivity index (χ4v) is 2.15. The Bertz CT molecular complexity index is 509. The molecule has 3 N–H and O–H groups in total. The van der Waals surface area contributed by atoms with Gasteiger partial charge in [0.15, 0.2) is 0 Å². The number of carbonyl (C=O) groups is 1. The highest BCUT2D eigenvalue weighted by Crippen LogP contribution is 2.22. The monoisotopic (exact) mass is 272 g/mol. The normalized spacial score (nSPS) is 12.2. The number of furan rings is 1. The van der Waals surface area contributed by atoms with E-state index < -0.39 is 0 Å². The summed E-state index contributed by atoms with van der Waals surface area (Å²) in [4.78, 5) is 10.7. The fourth-order valence-electron chi connectivity index (χ4n) is 2.15. The van der Waals surface area contributed by atoms with Crippen LogP contribution in [0.5, 0.6) is 0 Å². The molecule has 4 nitrogen and oxygen atoms in total. The second-order valence-electron chi connectivity index (χ2n) is 4.74. The molecule has 2 aromatic rings. The molecular formula is C16H20N2O2. The van der Waals surface area contributed by atoms with Crippen molar-refractivity contribution in [2.75, 3.05) is 6.54 Å². The molecule has 106 valence electrons. The molecule has 1 aromatic carbocycles. The number of unbranched alkanes of at least 4 members (excludes halogenated alkanes) is 1. The second kappa shape index (κ2) is 7.50. The summed E-state index contributed by atoms with van der Waals surface area (Å²) in [6.07, 6.45) is 3.84.